The number of carbonyl (C=O) groups excluding carboxylic acids is 1. The molecular formula is C19H24ClNO. The number of benzene rings is 1. The van der Waals surface area contributed by atoms with E-state index in [1.165, 1.54) is 19.3 Å². The second kappa shape index (κ2) is 4.50. The highest BCUT2D eigenvalue weighted by molar-refractivity contribution is 6.30. The number of amides is 1. The maximum atomic E-state index is 12.7. The minimum Gasteiger partial charge on any atom is -0.347 e. The van der Waals surface area contributed by atoms with Gasteiger partial charge in [-0.15, -0.1) is 0 Å². The van der Waals surface area contributed by atoms with E-state index >= 15 is 0 Å². The highest BCUT2D eigenvalue weighted by Crippen LogP contribution is 2.66. The molecule has 4 saturated carbocycles. The van der Waals surface area contributed by atoms with E-state index < -0.39 is 0 Å². The largest absolute Gasteiger partial charge is 0.347 e. The Kier molecular flexibility index (Phi) is 2.98. The Morgan fingerprint density at radius 3 is 2.18 bits per heavy atom. The number of hydrogen-bond acceptors (Lipinski definition) is 1. The van der Waals surface area contributed by atoms with Gasteiger partial charge in [-0.3, -0.25) is 4.79 Å². The first-order valence-corrected chi connectivity index (χ1v) is 8.75. The van der Waals surface area contributed by atoms with Crippen molar-refractivity contribution in [3.63, 3.8) is 0 Å². The maximum Gasteiger partial charge on any atom is 0.251 e. The van der Waals surface area contributed by atoms with Crippen molar-refractivity contribution in [3.8, 4) is 0 Å². The van der Waals surface area contributed by atoms with Crippen molar-refractivity contribution in [1.82, 2.24) is 5.32 Å². The van der Waals surface area contributed by atoms with Gasteiger partial charge in [0, 0.05) is 16.1 Å². The van der Waals surface area contributed by atoms with E-state index in [0.29, 0.717) is 15.9 Å². The molecule has 0 unspecified atom stereocenters. The van der Waals surface area contributed by atoms with Crippen molar-refractivity contribution in [3.05, 3.63) is 34.9 Å². The van der Waals surface area contributed by atoms with Crippen LogP contribution in [0.5, 0.6) is 0 Å². The van der Waals surface area contributed by atoms with Gasteiger partial charge in [0.2, 0.25) is 0 Å². The van der Waals surface area contributed by atoms with E-state index in [1.54, 1.807) is 12.1 Å². The molecule has 1 amide bonds. The Morgan fingerprint density at radius 2 is 1.64 bits per heavy atom. The summed E-state index contributed by atoms with van der Waals surface area (Å²) < 4.78 is 0. The van der Waals surface area contributed by atoms with Gasteiger partial charge >= 0.3 is 0 Å². The lowest BCUT2D eigenvalue weighted by atomic mass is 9.43. The van der Waals surface area contributed by atoms with E-state index in [1.807, 2.05) is 12.1 Å². The Labute approximate surface area is 137 Å². The maximum absolute atomic E-state index is 12.7. The number of rotatable bonds is 2. The van der Waals surface area contributed by atoms with Crippen LogP contribution in [0.3, 0.4) is 0 Å². The van der Waals surface area contributed by atoms with Gasteiger partial charge in [0.15, 0.2) is 0 Å². The van der Waals surface area contributed by atoms with Crippen LogP contribution < -0.4 is 5.32 Å². The highest BCUT2D eigenvalue weighted by Gasteiger charge is 2.60. The van der Waals surface area contributed by atoms with Crippen LogP contribution in [0.1, 0.15) is 62.7 Å². The molecule has 118 valence electrons. The van der Waals surface area contributed by atoms with Crippen LogP contribution in [0, 0.1) is 16.7 Å². The van der Waals surface area contributed by atoms with Gasteiger partial charge < -0.3 is 5.32 Å². The molecule has 0 aliphatic heterocycles. The summed E-state index contributed by atoms with van der Waals surface area (Å²) >= 11 is 5.92. The number of halogens is 1. The molecule has 4 aliphatic rings. The summed E-state index contributed by atoms with van der Waals surface area (Å²) in [7, 11) is 0. The first kappa shape index (κ1) is 14.6. The van der Waals surface area contributed by atoms with E-state index in [4.69, 9.17) is 11.6 Å². The van der Waals surface area contributed by atoms with Gasteiger partial charge in [-0.2, -0.15) is 0 Å². The summed E-state index contributed by atoms with van der Waals surface area (Å²) in [6.07, 6.45) is 7.48. The molecular weight excluding hydrogens is 294 g/mol. The molecule has 0 heterocycles. The fourth-order valence-electron chi connectivity index (χ4n) is 6.50. The standard InChI is InChI=1S/C19H24ClNO/c1-17-7-13-8-18(2,10-17)12-19(9-13,11-17)21-16(22)14-3-5-15(20)6-4-14/h3-6,13H,7-12H2,1-2H3,(H,21,22)/t13?,17-,18-,19?/m1/s1. The summed E-state index contributed by atoms with van der Waals surface area (Å²) in [5, 5.41) is 4.10. The zero-order chi connectivity index (χ0) is 15.6. The van der Waals surface area contributed by atoms with Gasteiger partial charge in [-0.25, -0.2) is 0 Å². The van der Waals surface area contributed by atoms with Crippen LogP contribution >= 0.6 is 11.6 Å². The van der Waals surface area contributed by atoms with Crippen LogP contribution in [0.4, 0.5) is 0 Å². The smallest absolute Gasteiger partial charge is 0.251 e. The normalized spacial score (nSPS) is 42.4. The van der Waals surface area contributed by atoms with Crippen LogP contribution in [-0.2, 0) is 0 Å². The second-order valence-corrected chi connectivity index (χ2v) is 9.31. The van der Waals surface area contributed by atoms with Gasteiger partial charge in [0.05, 0.1) is 0 Å². The molecule has 4 fully saturated rings. The molecule has 4 aliphatic carbocycles. The molecule has 5 rings (SSSR count). The van der Waals surface area contributed by atoms with E-state index in [2.05, 4.69) is 19.2 Å². The first-order valence-electron chi connectivity index (χ1n) is 8.37. The molecule has 0 aromatic heterocycles. The molecule has 3 heteroatoms. The van der Waals surface area contributed by atoms with Crippen molar-refractivity contribution < 1.29 is 4.79 Å². The lowest BCUT2D eigenvalue weighted by Crippen LogP contribution is -2.65. The van der Waals surface area contributed by atoms with E-state index in [-0.39, 0.29) is 11.4 Å². The van der Waals surface area contributed by atoms with Crippen LogP contribution in [0.25, 0.3) is 0 Å². The summed E-state index contributed by atoms with van der Waals surface area (Å²) in [5.41, 5.74) is 1.57. The molecule has 2 nitrogen and oxygen atoms in total. The minimum atomic E-state index is 0.0135. The quantitative estimate of drug-likeness (QED) is 0.832. The summed E-state index contributed by atoms with van der Waals surface area (Å²) in [6.45, 7) is 4.86. The summed E-state index contributed by atoms with van der Waals surface area (Å²) in [5.74, 6) is 0.850. The third-order valence-electron chi connectivity index (χ3n) is 6.11. The fraction of sp³-hybridized carbons (Fsp3) is 0.632. The van der Waals surface area contributed by atoms with Crippen LogP contribution in [0.2, 0.25) is 5.02 Å². The van der Waals surface area contributed by atoms with Gasteiger partial charge in [-0.05, 0) is 79.5 Å². The number of hydrogen-bond donors (Lipinski definition) is 1. The molecule has 4 bridgehead atoms. The zero-order valence-corrected chi connectivity index (χ0v) is 14.2. The Balaban J connectivity index is 1.60. The van der Waals surface area contributed by atoms with Gasteiger partial charge in [0.25, 0.3) is 5.91 Å². The molecule has 0 radical (unpaired) electrons. The van der Waals surface area contributed by atoms with E-state index in [0.717, 1.165) is 30.7 Å². The molecule has 0 spiro atoms. The average Bonchev–Trinajstić information content (AvgIpc) is 2.34. The lowest BCUT2D eigenvalue weighted by molar-refractivity contribution is -0.114. The third kappa shape index (κ3) is 2.36. The monoisotopic (exact) mass is 317 g/mol. The molecule has 2 atom stereocenters. The third-order valence-corrected chi connectivity index (χ3v) is 6.36. The summed E-state index contributed by atoms with van der Waals surface area (Å²) in [6, 6.07) is 7.22. The molecule has 22 heavy (non-hydrogen) atoms. The van der Waals surface area contributed by atoms with Gasteiger partial charge in [0.1, 0.15) is 0 Å². The Hall–Kier alpha value is -1.02. The predicted molar refractivity (Wildman–Crippen MR) is 89.1 cm³/mol. The SMILES string of the molecule is C[C@]12CC3CC(NC(=O)c4ccc(Cl)cc4)(C1)C[C@](C)(C3)C2. The number of carbonyl (C=O) groups is 1. The van der Waals surface area contributed by atoms with Gasteiger partial charge in [-0.1, -0.05) is 25.4 Å². The highest BCUT2D eigenvalue weighted by atomic mass is 35.5. The lowest BCUT2D eigenvalue weighted by Gasteiger charge is -2.65. The topological polar surface area (TPSA) is 29.1 Å². The van der Waals surface area contributed by atoms with Crippen molar-refractivity contribution in [2.24, 2.45) is 16.7 Å². The summed E-state index contributed by atoms with van der Waals surface area (Å²) in [4.78, 5) is 12.7. The van der Waals surface area contributed by atoms with E-state index in [9.17, 15) is 4.79 Å². The minimum absolute atomic E-state index is 0.0135. The fourth-order valence-corrected chi connectivity index (χ4v) is 6.63. The molecule has 0 saturated heterocycles. The van der Waals surface area contributed by atoms with Crippen molar-refractivity contribution in [2.75, 3.05) is 0 Å². The Bertz CT molecular complexity index is 605. The molecule has 1 aromatic rings. The predicted octanol–water partition coefficient (Wildman–Crippen LogP) is 4.82. The number of nitrogens with one attached hydrogen (secondary N) is 1. The molecule has 1 aromatic carbocycles. The Morgan fingerprint density at radius 1 is 1.05 bits per heavy atom. The van der Waals surface area contributed by atoms with Crippen molar-refractivity contribution >= 4 is 17.5 Å². The zero-order valence-electron chi connectivity index (χ0n) is 13.4. The second-order valence-electron chi connectivity index (χ2n) is 8.87. The van der Waals surface area contributed by atoms with Crippen molar-refractivity contribution in [1.29, 1.82) is 0 Å². The van der Waals surface area contributed by atoms with Crippen molar-refractivity contribution in [2.45, 2.75) is 57.9 Å². The molecule has 1 N–H and O–H groups in total. The average molecular weight is 318 g/mol. The van der Waals surface area contributed by atoms with Crippen LogP contribution in [0.15, 0.2) is 24.3 Å². The van der Waals surface area contributed by atoms with Crippen LogP contribution in [-0.4, -0.2) is 11.4 Å². The first-order chi connectivity index (χ1) is 10.3.